The Balaban J connectivity index is 1.41. The van der Waals surface area contributed by atoms with Crippen LogP contribution in [0.4, 0.5) is 18.9 Å². The number of nitrogens with zero attached hydrogens (tertiary/aromatic N) is 3. The number of aromatic nitrogens is 2. The van der Waals surface area contributed by atoms with Crippen LogP contribution in [-0.2, 0) is 17.5 Å². The monoisotopic (exact) mass is 437 g/mol. The first kappa shape index (κ1) is 22.8. The van der Waals surface area contributed by atoms with E-state index in [2.05, 4.69) is 20.2 Å². The van der Waals surface area contributed by atoms with E-state index in [0.717, 1.165) is 43.6 Å². The van der Waals surface area contributed by atoms with E-state index in [1.54, 1.807) is 13.8 Å². The minimum Gasteiger partial charge on any atom is -0.453 e. The van der Waals surface area contributed by atoms with Gasteiger partial charge in [0.25, 0.3) is 5.91 Å². The lowest BCUT2D eigenvalue weighted by Crippen LogP contribution is -2.45. The second-order valence-electron chi connectivity index (χ2n) is 7.69. The summed E-state index contributed by atoms with van der Waals surface area (Å²) in [6.45, 7) is 5.37. The zero-order chi connectivity index (χ0) is 22.6. The molecule has 31 heavy (non-hydrogen) atoms. The SMILES string of the molecule is Cc1nc(OCC(=O)NC2CCN(Cc3ccc(C(F)(F)F)cc3)CC2)nc(C)c1N. The molecule has 0 aliphatic carbocycles. The summed E-state index contributed by atoms with van der Waals surface area (Å²) in [5.41, 5.74) is 7.69. The van der Waals surface area contributed by atoms with Crippen LogP contribution in [0.2, 0.25) is 0 Å². The van der Waals surface area contributed by atoms with E-state index in [1.165, 1.54) is 12.1 Å². The van der Waals surface area contributed by atoms with Crippen molar-refractivity contribution in [1.82, 2.24) is 20.2 Å². The van der Waals surface area contributed by atoms with E-state index in [9.17, 15) is 18.0 Å². The summed E-state index contributed by atoms with van der Waals surface area (Å²) in [5.74, 6) is -0.253. The van der Waals surface area contributed by atoms with Gasteiger partial charge in [0.2, 0.25) is 0 Å². The number of carbonyl (C=O) groups excluding carboxylic acids is 1. The van der Waals surface area contributed by atoms with Gasteiger partial charge in [0.1, 0.15) is 0 Å². The fourth-order valence-electron chi connectivity index (χ4n) is 3.45. The number of nitrogens with two attached hydrogens (primary N) is 1. The van der Waals surface area contributed by atoms with Crippen LogP contribution in [-0.4, -0.2) is 46.5 Å². The van der Waals surface area contributed by atoms with Crippen molar-refractivity contribution in [3.63, 3.8) is 0 Å². The summed E-state index contributed by atoms with van der Waals surface area (Å²) in [6.07, 6.45) is -2.82. The number of benzene rings is 1. The van der Waals surface area contributed by atoms with Gasteiger partial charge in [0.05, 0.1) is 22.6 Å². The molecule has 0 bridgehead atoms. The maximum atomic E-state index is 12.7. The first-order valence-electron chi connectivity index (χ1n) is 10.0. The van der Waals surface area contributed by atoms with Crippen LogP contribution >= 0.6 is 0 Å². The highest BCUT2D eigenvalue weighted by atomic mass is 19.4. The molecule has 1 aliphatic rings. The van der Waals surface area contributed by atoms with Crippen LogP contribution < -0.4 is 15.8 Å². The number of nitrogens with one attached hydrogen (secondary N) is 1. The Hall–Kier alpha value is -2.88. The summed E-state index contributed by atoms with van der Waals surface area (Å²) in [5, 5.41) is 2.94. The van der Waals surface area contributed by atoms with Crippen molar-refractivity contribution in [1.29, 1.82) is 0 Å². The maximum absolute atomic E-state index is 12.7. The number of rotatable bonds is 6. The Labute approximate surface area is 178 Å². The van der Waals surface area contributed by atoms with Crippen molar-refractivity contribution in [2.75, 3.05) is 25.4 Å². The van der Waals surface area contributed by atoms with Gasteiger partial charge in [-0.1, -0.05) is 12.1 Å². The summed E-state index contributed by atoms with van der Waals surface area (Å²) in [4.78, 5) is 22.6. The molecular formula is C21H26F3N5O2. The number of carbonyl (C=O) groups is 1. The van der Waals surface area contributed by atoms with Crippen molar-refractivity contribution >= 4 is 11.6 Å². The van der Waals surface area contributed by atoms with Crippen LogP contribution in [0.15, 0.2) is 24.3 Å². The molecule has 1 amide bonds. The van der Waals surface area contributed by atoms with E-state index in [4.69, 9.17) is 10.5 Å². The number of anilines is 1. The van der Waals surface area contributed by atoms with Crippen molar-refractivity contribution in [2.24, 2.45) is 0 Å². The average molecular weight is 437 g/mol. The Morgan fingerprint density at radius 3 is 2.29 bits per heavy atom. The Morgan fingerprint density at radius 1 is 1.16 bits per heavy atom. The van der Waals surface area contributed by atoms with Gasteiger partial charge in [0, 0.05) is 25.7 Å². The lowest BCUT2D eigenvalue weighted by atomic mass is 10.0. The number of aryl methyl sites for hydroxylation is 2. The predicted octanol–water partition coefficient (Wildman–Crippen LogP) is 2.85. The molecule has 0 spiro atoms. The quantitative estimate of drug-likeness (QED) is 0.722. The fourth-order valence-corrected chi connectivity index (χ4v) is 3.45. The minimum absolute atomic E-state index is 0.0239. The normalized spacial score (nSPS) is 15.6. The van der Waals surface area contributed by atoms with E-state index < -0.39 is 11.7 Å². The Kier molecular flexibility index (Phi) is 6.99. The molecule has 3 N–H and O–H groups in total. The molecule has 2 heterocycles. The summed E-state index contributed by atoms with van der Waals surface area (Å²) < 4.78 is 43.4. The first-order valence-corrected chi connectivity index (χ1v) is 10.0. The smallest absolute Gasteiger partial charge is 0.416 e. The molecule has 3 rings (SSSR count). The highest BCUT2D eigenvalue weighted by Crippen LogP contribution is 2.29. The van der Waals surface area contributed by atoms with Crippen LogP contribution in [0, 0.1) is 13.8 Å². The molecule has 1 aromatic carbocycles. The van der Waals surface area contributed by atoms with Crippen molar-refractivity contribution in [3.05, 3.63) is 46.8 Å². The second kappa shape index (κ2) is 9.51. The minimum atomic E-state index is -4.32. The zero-order valence-electron chi connectivity index (χ0n) is 17.5. The molecule has 10 heteroatoms. The number of halogens is 3. The van der Waals surface area contributed by atoms with Crippen LogP contribution in [0.1, 0.15) is 35.4 Å². The molecule has 0 unspecified atom stereocenters. The molecule has 168 valence electrons. The van der Waals surface area contributed by atoms with Gasteiger partial charge < -0.3 is 15.8 Å². The van der Waals surface area contributed by atoms with Gasteiger partial charge in [-0.3, -0.25) is 9.69 Å². The van der Waals surface area contributed by atoms with Crippen LogP contribution in [0.3, 0.4) is 0 Å². The summed E-state index contributed by atoms with van der Waals surface area (Å²) in [7, 11) is 0. The van der Waals surface area contributed by atoms with Gasteiger partial charge in [-0.2, -0.15) is 23.1 Å². The topological polar surface area (TPSA) is 93.4 Å². The van der Waals surface area contributed by atoms with Crippen molar-refractivity contribution in [2.45, 2.75) is 45.5 Å². The number of amides is 1. The molecular weight excluding hydrogens is 411 g/mol. The lowest BCUT2D eigenvalue weighted by molar-refractivity contribution is -0.137. The molecule has 7 nitrogen and oxygen atoms in total. The molecule has 0 atom stereocenters. The third-order valence-corrected chi connectivity index (χ3v) is 5.28. The van der Waals surface area contributed by atoms with E-state index in [-0.39, 0.29) is 24.6 Å². The number of ether oxygens (including phenoxy) is 1. The van der Waals surface area contributed by atoms with E-state index in [1.807, 2.05) is 0 Å². The van der Waals surface area contributed by atoms with E-state index in [0.29, 0.717) is 23.6 Å². The molecule has 1 fully saturated rings. The van der Waals surface area contributed by atoms with Gasteiger partial charge >= 0.3 is 12.2 Å². The van der Waals surface area contributed by atoms with Crippen molar-refractivity contribution < 1.29 is 22.7 Å². The van der Waals surface area contributed by atoms with Crippen molar-refractivity contribution in [3.8, 4) is 6.01 Å². The van der Waals surface area contributed by atoms with Gasteiger partial charge in [0.15, 0.2) is 6.61 Å². The summed E-state index contributed by atoms with van der Waals surface area (Å²) >= 11 is 0. The molecule has 1 saturated heterocycles. The largest absolute Gasteiger partial charge is 0.453 e. The number of likely N-dealkylation sites (tertiary alicyclic amines) is 1. The Bertz CT molecular complexity index is 887. The predicted molar refractivity (Wildman–Crippen MR) is 109 cm³/mol. The average Bonchev–Trinajstić information content (AvgIpc) is 2.71. The maximum Gasteiger partial charge on any atom is 0.416 e. The van der Waals surface area contributed by atoms with E-state index >= 15 is 0 Å². The highest BCUT2D eigenvalue weighted by Gasteiger charge is 2.30. The molecule has 1 aliphatic heterocycles. The number of piperidine rings is 1. The third kappa shape index (κ3) is 6.30. The second-order valence-corrected chi connectivity index (χ2v) is 7.69. The lowest BCUT2D eigenvalue weighted by Gasteiger charge is -2.32. The number of alkyl halides is 3. The first-order chi connectivity index (χ1) is 14.6. The number of hydrogen-bond donors (Lipinski definition) is 2. The molecule has 0 saturated carbocycles. The number of hydrogen-bond acceptors (Lipinski definition) is 6. The fraction of sp³-hybridized carbons (Fsp3) is 0.476. The molecule has 0 radical (unpaired) electrons. The number of nitrogen functional groups attached to an aromatic ring is 1. The molecule has 1 aromatic heterocycles. The highest BCUT2D eigenvalue weighted by molar-refractivity contribution is 5.77. The Morgan fingerprint density at radius 2 is 1.74 bits per heavy atom. The van der Waals surface area contributed by atoms with Crippen LogP contribution in [0.25, 0.3) is 0 Å². The summed E-state index contributed by atoms with van der Waals surface area (Å²) in [6, 6.07) is 5.38. The van der Waals surface area contributed by atoms with Crippen LogP contribution in [0.5, 0.6) is 6.01 Å². The van der Waals surface area contributed by atoms with Gasteiger partial charge in [-0.25, -0.2) is 0 Å². The van der Waals surface area contributed by atoms with Gasteiger partial charge in [-0.15, -0.1) is 0 Å². The molecule has 2 aromatic rings. The zero-order valence-corrected chi connectivity index (χ0v) is 17.5. The van der Waals surface area contributed by atoms with Gasteiger partial charge in [-0.05, 0) is 44.4 Å². The standard InChI is InChI=1S/C21H26F3N5O2/c1-13-19(25)14(2)27-20(26-13)31-12-18(30)28-17-7-9-29(10-8-17)11-15-3-5-16(6-4-15)21(22,23)24/h3-6,17H,7-12,25H2,1-2H3,(H,28,30). The third-order valence-electron chi connectivity index (χ3n) is 5.28.